The number of esters is 2. The van der Waals surface area contributed by atoms with Crippen molar-refractivity contribution in [3.8, 4) is 0 Å². The Bertz CT molecular complexity index is 181. The van der Waals surface area contributed by atoms with Crippen LogP contribution in [0.3, 0.4) is 0 Å². The van der Waals surface area contributed by atoms with Gasteiger partial charge < -0.3 is 15.6 Å². The fourth-order valence-corrected chi connectivity index (χ4v) is 0.811. The molecule has 1 atom stereocenters. The second-order valence-electron chi connectivity index (χ2n) is 2.74. The zero-order valence-electron chi connectivity index (χ0n) is 7.66. The minimum atomic E-state index is -0.768. The Morgan fingerprint density at radius 2 is 2.08 bits per heavy atom. The number of carbonyl (C=O) groups excluding carboxylic acids is 2. The van der Waals surface area contributed by atoms with Crippen molar-refractivity contribution in [1.82, 2.24) is 0 Å². The van der Waals surface area contributed by atoms with Crippen LogP contribution in [0, 0.1) is 0 Å². The number of hydrogen-bond donors (Lipinski definition) is 2. The van der Waals surface area contributed by atoms with Gasteiger partial charge in [-0.05, 0) is 19.3 Å². The molecule has 0 unspecified atom stereocenters. The minimum absolute atomic E-state index is 0.0779. The molecule has 0 bridgehead atoms. The predicted molar refractivity (Wildman–Crippen MR) is 45.7 cm³/mol. The van der Waals surface area contributed by atoms with Crippen molar-refractivity contribution in [2.75, 3.05) is 6.61 Å². The van der Waals surface area contributed by atoms with E-state index in [2.05, 4.69) is 4.74 Å². The molecule has 0 amide bonds. The lowest BCUT2D eigenvalue weighted by Gasteiger charge is -2.08. The first-order valence-electron chi connectivity index (χ1n) is 4.16. The number of unbranched alkanes of at least 4 members (excludes halogenated alkanes) is 1. The van der Waals surface area contributed by atoms with E-state index < -0.39 is 18.0 Å². The van der Waals surface area contributed by atoms with Gasteiger partial charge in [0.15, 0.2) is 0 Å². The van der Waals surface area contributed by atoms with Gasteiger partial charge in [-0.15, -0.1) is 0 Å². The normalized spacial score (nSPS) is 12.2. The van der Waals surface area contributed by atoms with Gasteiger partial charge in [-0.2, -0.15) is 0 Å². The molecular formula is C8H15NO4. The summed E-state index contributed by atoms with van der Waals surface area (Å²) in [6.45, 7) is 1.23. The lowest BCUT2D eigenvalue weighted by atomic mass is 10.1. The molecule has 0 spiro atoms. The van der Waals surface area contributed by atoms with Crippen LogP contribution in [0.5, 0.6) is 0 Å². The molecule has 0 aromatic rings. The second-order valence-corrected chi connectivity index (χ2v) is 2.74. The van der Waals surface area contributed by atoms with E-state index in [1.54, 1.807) is 0 Å². The average Bonchev–Trinajstić information content (AvgIpc) is 2.03. The molecule has 0 radical (unpaired) electrons. The van der Waals surface area contributed by atoms with Crippen LogP contribution < -0.4 is 5.73 Å². The van der Waals surface area contributed by atoms with Gasteiger partial charge in [0.2, 0.25) is 0 Å². The molecule has 3 N–H and O–H groups in total. The van der Waals surface area contributed by atoms with Crippen molar-refractivity contribution < 1.29 is 19.4 Å². The van der Waals surface area contributed by atoms with Gasteiger partial charge in [-0.1, -0.05) is 0 Å². The Labute approximate surface area is 76.9 Å². The Balaban J connectivity index is 3.63. The molecule has 0 aromatic heterocycles. The van der Waals surface area contributed by atoms with Crippen LogP contribution in [-0.4, -0.2) is 29.7 Å². The quantitative estimate of drug-likeness (QED) is 0.348. The Kier molecular flexibility index (Phi) is 6.09. The lowest BCUT2D eigenvalue weighted by Crippen LogP contribution is -2.33. The topological polar surface area (TPSA) is 89.6 Å². The van der Waals surface area contributed by atoms with E-state index in [1.165, 1.54) is 0 Å². The summed E-state index contributed by atoms with van der Waals surface area (Å²) in [5.41, 5.74) is 5.40. The fourth-order valence-electron chi connectivity index (χ4n) is 0.811. The summed E-state index contributed by atoms with van der Waals surface area (Å²) in [5.74, 6) is -1.35. The van der Waals surface area contributed by atoms with Crippen LogP contribution in [0.4, 0.5) is 0 Å². The van der Waals surface area contributed by atoms with Gasteiger partial charge >= 0.3 is 11.9 Å². The van der Waals surface area contributed by atoms with Crippen molar-refractivity contribution in [1.29, 1.82) is 0 Å². The molecule has 0 saturated heterocycles. The number of aliphatic hydroxyl groups is 1. The number of aliphatic hydroxyl groups excluding tert-OH is 1. The van der Waals surface area contributed by atoms with Crippen molar-refractivity contribution in [2.24, 2.45) is 5.73 Å². The first-order chi connectivity index (χ1) is 6.07. The largest absolute Gasteiger partial charge is 0.396 e. The third-order valence-corrected chi connectivity index (χ3v) is 1.47. The van der Waals surface area contributed by atoms with Crippen molar-refractivity contribution in [3.63, 3.8) is 0 Å². The van der Waals surface area contributed by atoms with Gasteiger partial charge in [0.05, 0.1) is 0 Å². The van der Waals surface area contributed by atoms with Crippen LogP contribution in [0.15, 0.2) is 0 Å². The Hall–Kier alpha value is -0.940. The number of hydrogen-bond acceptors (Lipinski definition) is 5. The van der Waals surface area contributed by atoms with E-state index in [9.17, 15) is 9.59 Å². The maximum Gasteiger partial charge on any atom is 0.330 e. The summed E-state index contributed by atoms with van der Waals surface area (Å²) in [5, 5.41) is 8.45. The van der Waals surface area contributed by atoms with Crippen molar-refractivity contribution in [3.05, 3.63) is 0 Å². The molecule has 0 rings (SSSR count). The highest BCUT2D eigenvalue weighted by Crippen LogP contribution is 2.00. The molecule has 76 valence electrons. The predicted octanol–water partition coefficient (Wildman–Crippen LogP) is -0.434. The molecule has 0 aromatic carbocycles. The molecule has 5 nitrogen and oxygen atoms in total. The van der Waals surface area contributed by atoms with Gasteiger partial charge in [-0.25, -0.2) is 4.79 Å². The maximum atomic E-state index is 10.9. The van der Waals surface area contributed by atoms with E-state index in [0.29, 0.717) is 19.3 Å². The molecule has 0 heterocycles. The maximum absolute atomic E-state index is 10.9. The molecule has 0 aliphatic carbocycles. The Morgan fingerprint density at radius 1 is 1.46 bits per heavy atom. The van der Waals surface area contributed by atoms with E-state index in [1.807, 2.05) is 0 Å². The molecule has 0 saturated carbocycles. The van der Waals surface area contributed by atoms with E-state index in [-0.39, 0.29) is 6.61 Å². The smallest absolute Gasteiger partial charge is 0.330 e. The highest BCUT2D eigenvalue weighted by atomic mass is 16.6. The molecular weight excluding hydrogens is 174 g/mol. The third kappa shape index (κ3) is 6.24. The minimum Gasteiger partial charge on any atom is -0.396 e. The molecule has 0 fully saturated rings. The van der Waals surface area contributed by atoms with Crippen LogP contribution in [0.1, 0.15) is 26.2 Å². The standard InChI is InChI=1S/C8H15NO4/c1-6(11)13-8(12)7(9)4-2-3-5-10/h7,10H,2-5,9H2,1H3/t7-/m0/s1. The van der Waals surface area contributed by atoms with Gasteiger partial charge in [0.25, 0.3) is 0 Å². The van der Waals surface area contributed by atoms with E-state index in [0.717, 1.165) is 6.92 Å². The number of ether oxygens (including phenoxy) is 1. The van der Waals surface area contributed by atoms with E-state index in [4.69, 9.17) is 10.8 Å². The fraction of sp³-hybridized carbons (Fsp3) is 0.750. The number of rotatable bonds is 5. The second kappa shape index (κ2) is 6.56. The summed E-state index contributed by atoms with van der Waals surface area (Å²) in [6.07, 6.45) is 1.67. The van der Waals surface area contributed by atoms with Crippen LogP contribution >= 0.6 is 0 Å². The first-order valence-corrected chi connectivity index (χ1v) is 4.16. The number of nitrogens with two attached hydrogens (primary N) is 1. The monoisotopic (exact) mass is 189 g/mol. The van der Waals surface area contributed by atoms with Crippen LogP contribution in [-0.2, 0) is 14.3 Å². The third-order valence-electron chi connectivity index (χ3n) is 1.47. The summed E-state index contributed by atoms with van der Waals surface area (Å²) in [6, 6.07) is -0.768. The van der Waals surface area contributed by atoms with Crippen LogP contribution in [0.25, 0.3) is 0 Å². The highest BCUT2D eigenvalue weighted by Gasteiger charge is 2.15. The summed E-state index contributed by atoms with van der Waals surface area (Å²) in [7, 11) is 0. The van der Waals surface area contributed by atoms with Crippen molar-refractivity contribution >= 4 is 11.9 Å². The van der Waals surface area contributed by atoms with E-state index >= 15 is 0 Å². The van der Waals surface area contributed by atoms with Crippen molar-refractivity contribution in [2.45, 2.75) is 32.2 Å². The average molecular weight is 189 g/mol. The molecule has 13 heavy (non-hydrogen) atoms. The van der Waals surface area contributed by atoms with Gasteiger partial charge in [0, 0.05) is 13.5 Å². The van der Waals surface area contributed by atoms with Gasteiger partial charge in [-0.3, -0.25) is 4.79 Å². The van der Waals surface area contributed by atoms with Crippen LogP contribution in [0.2, 0.25) is 0 Å². The summed E-state index contributed by atoms with van der Waals surface area (Å²) in [4.78, 5) is 21.3. The van der Waals surface area contributed by atoms with Gasteiger partial charge in [0.1, 0.15) is 6.04 Å². The SMILES string of the molecule is CC(=O)OC(=O)[C@@H](N)CCCCO. The molecule has 0 aliphatic rings. The first kappa shape index (κ1) is 12.1. The molecule has 0 aliphatic heterocycles. The summed E-state index contributed by atoms with van der Waals surface area (Å²) >= 11 is 0. The lowest BCUT2D eigenvalue weighted by molar-refractivity contribution is -0.159. The number of carbonyl (C=O) groups is 2. The summed E-state index contributed by atoms with van der Waals surface area (Å²) < 4.78 is 4.28. The zero-order chi connectivity index (χ0) is 10.3. The Morgan fingerprint density at radius 3 is 2.54 bits per heavy atom. The zero-order valence-corrected chi connectivity index (χ0v) is 7.66. The highest BCUT2D eigenvalue weighted by molar-refractivity contribution is 5.87. The molecule has 5 heteroatoms.